The van der Waals surface area contributed by atoms with E-state index in [0.29, 0.717) is 24.6 Å². The van der Waals surface area contributed by atoms with Crippen molar-refractivity contribution in [2.45, 2.75) is 19.8 Å². The van der Waals surface area contributed by atoms with Gasteiger partial charge in [-0.05, 0) is 24.6 Å². The predicted molar refractivity (Wildman–Crippen MR) is 83.4 cm³/mol. The zero-order valence-corrected chi connectivity index (χ0v) is 12.9. The lowest BCUT2D eigenvalue weighted by Gasteiger charge is -2.08. The minimum atomic E-state index is -0.201. The summed E-state index contributed by atoms with van der Waals surface area (Å²) in [5.41, 5.74) is 1.38. The second-order valence-electron chi connectivity index (χ2n) is 4.81. The Morgan fingerprint density at radius 3 is 2.91 bits per heavy atom. The summed E-state index contributed by atoms with van der Waals surface area (Å²) in [7, 11) is 1.61. The van der Waals surface area contributed by atoms with Crippen LogP contribution in [0.15, 0.2) is 30.3 Å². The van der Waals surface area contributed by atoms with Crippen LogP contribution in [0.3, 0.4) is 0 Å². The molecule has 6 heteroatoms. The van der Waals surface area contributed by atoms with Crippen LogP contribution >= 0.6 is 0 Å². The zero-order valence-electron chi connectivity index (χ0n) is 12.9. The van der Waals surface area contributed by atoms with Gasteiger partial charge in [-0.25, -0.2) is 0 Å². The molecule has 0 unspecified atom stereocenters. The smallest absolute Gasteiger partial charge is 0.271 e. The fourth-order valence-corrected chi connectivity index (χ4v) is 1.99. The maximum atomic E-state index is 11.9. The Kier molecular flexibility index (Phi) is 5.82. The van der Waals surface area contributed by atoms with Gasteiger partial charge in [-0.1, -0.05) is 19.4 Å². The number of ether oxygens (including phenoxy) is 2. The number of benzene rings is 1. The van der Waals surface area contributed by atoms with E-state index in [1.807, 2.05) is 18.2 Å². The molecule has 0 aliphatic carbocycles. The molecule has 0 saturated heterocycles. The summed E-state index contributed by atoms with van der Waals surface area (Å²) >= 11 is 0. The van der Waals surface area contributed by atoms with Crippen LogP contribution in [0, 0.1) is 0 Å². The summed E-state index contributed by atoms with van der Waals surface area (Å²) in [5, 5.41) is 9.64. The van der Waals surface area contributed by atoms with E-state index in [9.17, 15) is 4.79 Å². The van der Waals surface area contributed by atoms with E-state index in [0.717, 1.165) is 24.3 Å². The highest BCUT2D eigenvalue weighted by Gasteiger charge is 2.09. The monoisotopic (exact) mass is 303 g/mol. The number of methoxy groups -OCH3 is 1. The van der Waals surface area contributed by atoms with Gasteiger partial charge in [-0.15, -0.1) is 0 Å². The molecule has 0 bridgehead atoms. The molecule has 0 aliphatic rings. The van der Waals surface area contributed by atoms with Crippen molar-refractivity contribution < 1.29 is 14.3 Å². The summed E-state index contributed by atoms with van der Waals surface area (Å²) in [6.07, 6.45) is 1.90. The van der Waals surface area contributed by atoms with Gasteiger partial charge in [0.2, 0.25) is 0 Å². The third-order valence-electron chi connectivity index (χ3n) is 3.08. The number of hydrogen-bond acceptors (Lipinski definition) is 4. The molecule has 1 aromatic heterocycles. The second kappa shape index (κ2) is 8.07. The molecule has 0 aliphatic heterocycles. The molecule has 118 valence electrons. The third-order valence-corrected chi connectivity index (χ3v) is 3.08. The van der Waals surface area contributed by atoms with Gasteiger partial charge in [0.1, 0.15) is 23.8 Å². The third kappa shape index (κ3) is 4.51. The molecule has 6 nitrogen and oxygen atoms in total. The van der Waals surface area contributed by atoms with E-state index in [2.05, 4.69) is 22.4 Å². The topological polar surface area (TPSA) is 76.2 Å². The van der Waals surface area contributed by atoms with Crippen LogP contribution in [-0.2, 0) is 6.42 Å². The Morgan fingerprint density at radius 2 is 2.14 bits per heavy atom. The molecule has 0 saturated carbocycles. The lowest BCUT2D eigenvalue weighted by Crippen LogP contribution is -2.28. The first-order valence-electron chi connectivity index (χ1n) is 7.32. The van der Waals surface area contributed by atoms with Crippen LogP contribution in [0.2, 0.25) is 0 Å². The summed E-state index contributed by atoms with van der Waals surface area (Å²) < 4.78 is 10.7. The maximum absolute atomic E-state index is 11.9. The van der Waals surface area contributed by atoms with Crippen LogP contribution in [0.5, 0.6) is 11.5 Å². The molecule has 0 fully saturated rings. The molecule has 2 rings (SSSR count). The van der Waals surface area contributed by atoms with Crippen molar-refractivity contribution in [2.24, 2.45) is 0 Å². The Balaban J connectivity index is 1.74. The number of hydrogen-bond donors (Lipinski definition) is 2. The van der Waals surface area contributed by atoms with E-state index in [1.54, 1.807) is 19.2 Å². The molecule has 1 heterocycles. The molecule has 1 aromatic carbocycles. The number of carbonyl (C=O) groups is 1. The second-order valence-corrected chi connectivity index (χ2v) is 4.81. The van der Waals surface area contributed by atoms with Gasteiger partial charge in [0.05, 0.1) is 13.7 Å². The first kappa shape index (κ1) is 15.9. The number of aromatic amines is 1. The highest BCUT2D eigenvalue weighted by molar-refractivity contribution is 5.92. The van der Waals surface area contributed by atoms with E-state index in [4.69, 9.17) is 9.47 Å². The minimum absolute atomic E-state index is 0.201. The standard InChI is InChI=1S/C16H21N3O3/c1-3-5-12-10-15(19-18-12)16(20)17-8-9-22-14-7-4-6-13(11-14)21-2/h4,6-7,10-11H,3,5,8-9H2,1-2H3,(H,17,20)(H,18,19). The average Bonchev–Trinajstić information content (AvgIpc) is 3.01. The van der Waals surface area contributed by atoms with Crippen LogP contribution in [-0.4, -0.2) is 36.4 Å². The van der Waals surface area contributed by atoms with Gasteiger partial charge in [0.25, 0.3) is 5.91 Å². The van der Waals surface area contributed by atoms with Gasteiger partial charge in [-0.2, -0.15) is 5.10 Å². The molecule has 2 aromatic rings. The number of H-pyrrole nitrogens is 1. The molecule has 22 heavy (non-hydrogen) atoms. The van der Waals surface area contributed by atoms with Crippen molar-refractivity contribution in [1.82, 2.24) is 15.5 Å². The number of nitrogens with zero attached hydrogens (tertiary/aromatic N) is 1. The Labute approximate surface area is 129 Å². The van der Waals surface area contributed by atoms with Crippen LogP contribution in [0.4, 0.5) is 0 Å². The molecular weight excluding hydrogens is 282 g/mol. The van der Waals surface area contributed by atoms with Crippen molar-refractivity contribution in [3.05, 3.63) is 41.7 Å². The Hall–Kier alpha value is -2.50. The van der Waals surface area contributed by atoms with Gasteiger partial charge < -0.3 is 14.8 Å². The van der Waals surface area contributed by atoms with Crippen molar-refractivity contribution in [3.8, 4) is 11.5 Å². The number of amides is 1. The van der Waals surface area contributed by atoms with Crippen molar-refractivity contribution >= 4 is 5.91 Å². The van der Waals surface area contributed by atoms with E-state index < -0.39 is 0 Å². The fraction of sp³-hybridized carbons (Fsp3) is 0.375. The summed E-state index contributed by atoms with van der Waals surface area (Å²) in [6, 6.07) is 9.12. The van der Waals surface area contributed by atoms with Crippen LogP contribution in [0.25, 0.3) is 0 Å². The Bertz CT molecular complexity index is 610. The highest BCUT2D eigenvalue weighted by Crippen LogP contribution is 2.18. The minimum Gasteiger partial charge on any atom is -0.497 e. The number of aryl methyl sites for hydroxylation is 1. The fourth-order valence-electron chi connectivity index (χ4n) is 1.99. The van der Waals surface area contributed by atoms with Crippen LogP contribution in [0.1, 0.15) is 29.5 Å². The SMILES string of the molecule is CCCc1cc(C(=O)NCCOc2cccc(OC)c2)n[nH]1. The normalized spacial score (nSPS) is 10.3. The summed E-state index contributed by atoms with van der Waals surface area (Å²) in [4.78, 5) is 11.9. The maximum Gasteiger partial charge on any atom is 0.271 e. The van der Waals surface area contributed by atoms with Gasteiger partial charge in [0.15, 0.2) is 0 Å². The molecule has 0 atom stereocenters. The largest absolute Gasteiger partial charge is 0.497 e. The lowest BCUT2D eigenvalue weighted by atomic mass is 10.2. The molecule has 1 amide bonds. The molecule has 0 radical (unpaired) electrons. The molecular formula is C16H21N3O3. The highest BCUT2D eigenvalue weighted by atomic mass is 16.5. The first-order chi connectivity index (χ1) is 10.7. The predicted octanol–water partition coefficient (Wildman–Crippen LogP) is 2.18. The number of nitrogens with one attached hydrogen (secondary N) is 2. The van der Waals surface area contributed by atoms with Crippen LogP contribution < -0.4 is 14.8 Å². The van der Waals surface area contributed by atoms with Gasteiger partial charge >= 0.3 is 0 Å². The quantitative estimate of drug-likeness (QED) is 0.733. The van der Waals surface area contributed by atoms with E-state index in [-0.39, 0.29) is 5.91 Å². The van der Waals surface area contributed by atoms with Gasteiger partial charge in [0, 0.05) is 11.8 Å². The van der Waals surface area contributed by atoms with Crippen molar-refractivity contribution in [2.75, 3.05) is 20.3 Å². The van der Waals surface area contributed by atoms with E-state index >= 15 is 0 Å². The number of rotatable bonds is 8. The average molecular weight is 303 g/mol. The summed E-state index contributed by atoms with van der Waals surface area (Å²) in [5.74, 6) is 1.24. The zero-order chi connectivity index (χ0) is 15.8. The lowest BCUT2D eigenvalue weighted by molar-refractivity contribution is 0.0942. The molecule has 0 spiro atoms. The summed E-state index contributed by atoms with van der Waals surface area (Å²) in [6.45, 7) is 2.87. The first-order valence-corrected chi connectivity index (χ1v) is 7.32. The van der Waals surface area contributed by atoms with Gasteiger partial charge in [-0.3, -0.25) is 9.89 Å². The number of aromatic nitrogens is 2. The van der Waals surface area contributed by atoms with Crippen molar-refractivity contribution in [3.63, 3.8) is 0 Å². The molecule has 2 N–H and O–H groups in total. The van der Waals surface area contributed by atoms with Crippen molar-refractivity contribution in [1.29, 1.82) is 0 Å². The number of carbonyl (C=O) groups excluding carboxylic acids is 1. The Morgan fingerprint density at radius 1 is 1.32 bits per heavy atom. The van der Waals surface area contributed by atoms with E-state index in [1.165, 1.54) is 0 Å².